The number of para-hydroxylation sites is 1. The first-order valence-corrected chi connectivity index (χ1v) is 9.28. The van der Waals surface area contributed by atoms with E-state index in [0.29, 0.717) is 0 Å². The Morgan fingerprint density at radius 3 is 2.37 bits per heavy atom. The highest BCUT2D eigenvalue weighted by Crippen LogP contribution is 2.24. The zero-order chi connectivity index (χ0) is 17.8. The zero-order valence-corrected chi connectivity index (χ0v) is 16.5. The van der Waals surface area contributed by atoms with Crippen molar-refractivity contribution < 1.29 is 0 Å². The third-order valence-electron chi connectivity index (χ3n) is 4.93. The maximum atomic E-state index is 4.87. The first-order valence-electron chi connectivity index (χ1n) is 9.28. The van der Waals surface area contributed by atoms with Gasteiger partial charge in [0.05, 0.1) is 5.52 Å². The van der Waals surface area contributed by atoms with Gasteiger partial charge in [-0.25, -0.2) is 4.98 Å². The molecule has 0 atom stereocenters. The van der Waals surface area contributed by atoms with Crippen LogP contribution in [0.15, 0.2) is 54.6 Å². The topological polar surface area (TPSA) is 44.3 Å². The molecule has 2 aromatic carbocycles. The molecular formula is C21H26ClN5. The van der Waals surface area contributed by atoms with Gasteiger partial charge in [-0.15, -0.1) is 12.4 Å². The molecule has 5 nitrogen and oxygen atoms in total. The van der Waals surface area contributed by atoms with Gasteiger partial charge < -0.3 is 15.1 Å². The number of nitrogens with zero attached hydrogens (tertiary/aromatic N) is 4. The van der Waals surface area contributed by atoms with Crippen LogP contribution < -0.4 is 10.2 Å². The quantitative estimate of drug-likeness (QED) is 0.731. The van der Waals surface area contributed by atoms with E-state index in [-0.39, 0.29) is 12.4 Å². The molecule has 3 aromatic rings. The molecule has 0 bridgehead atoms. The average molecular weight is 384 g/mol. The number of likely N-dealkylation sites (N-methyl/N-ethyl adjacent to an activating group) is 1. The normalized spacial score (nSPS) is 14.8. The number of nitrogens with one attached hydrogen (secondary N) is 1. The molecule has 1 fully saturated rings. The molecule has 1 aromatic heterocycles. The van der Waals surface area contributed by atoms with Crippen LogP contribution in [0.2, 0.25) is 0 Å². The van der Waals surface area contributed by atoms with Crippen LogP contribution in [0.4, 0.5) is 11.8 Å². The van der Waals surface area contributed by atoms with Crippen LogP contribution >= 0.6 is 12.4 Å². The predicted molar refractivity (Wildman–Crippen MR) is 115 cm³/mol. The second-order valence-electron chi connectivity index (χ2n) is 6.84. The van der Waals surface area contributed by atoms with Crippen LogP contribution in [0.3, 0.4) is 0 Å². The van der Waals surface area contributed by atoms with Crippen LogP contribution in [0, 0.1) is 0 Å². The molecule has 0 radical (unpaired) electrons. The van der Waals surface area contributed by atoms with Crippen molar-refractivity contribution in [3.05, 3.63) is 60.2 Å². The van der Waals surface area contributed by atoms with E-state index in [2.05, 4.69) is 64.6 Å². The fourth-order valence-corrected chi connectivity index (χ4v) is 3.32. The molecular weight excluding hydrogens is 358 g/mol. The molecule has 27 heavy (non-hydrogen) atoms. The summed E-state index contributed by atoms with van der Waals surface area (Å²) in [7, 11) is 2.16. The lowest BCUT2D eigenvalue weighted by atomic mass is 10.1. The Morgan fingerprint density at radius 1 is 0.889 bits per heavy atom. The molecule has 0 saturated carbocycles. The molecule has 2 heterocycles. The van der Waals surface area contributed by atoms with E-state index < -0.39 is 0 Å². The molecule has 0 aliphatic carbocycles. The Labute approximate surface area is 166 Å². The van der Waals surface area contributed by atoms with E-state index in [1.54, 1.807) is 0 Å². The Morgan fingerprint density at radius 2 is 1.59 bits per heavy atom. The first-order chi connectivity index (χ1) is 12.8. The Bertz CT molecular complexity index is 863. The molecule has 142 valence electrons. The minimum absolute atomic E-state index is 0. The van der Waals surface area contributed by atoms with Crippen molar-refractivity contribution >= 4 is 35.1 Å². The zero-order valence-electron chi connectivity index (χ0n) is 15.6. The van der Waals surface area contributed by atoms with Crippen molar-refractivity contribution in [3.63, 3.8) is 0 Å². The molecule has 4 rings (SSSR count). The second-order valence-corrected chi connectivity index (χ2v) is 6.84. The maximum Gasteiger partial charge on any atom is 0.227 e. The average Bonchev–Trinajstić information content (AvgIpc) is 2.69. The molecule has 1 N–H and O–H groups in total. The third-order valence-corrected chi connectivity index (χ3v) is 4.93. The van der Waals surface area contributed by atoms with Crippen molar-refractivity contribution in [1.29, 1.82) is 0 Å². The minimum Gasteiger partial charge on any atom is -0.369 e. The van der Waals surface area contributed by atoms with Crippen molar-refractivity contribution in [3.8, 4) is 0 Å². The SMILES string of the molecule is CN1CCN(c2nc(NCCc3ccccc3)c3ccccc3n2)CC1.Cl. The monoisotopic (exact) mass is 383 g/mol. The third kappa shape index (κ3) is 4.67. The van der Waals surface area contributed by atoms with Crippen LogP contribution in [0.1, 0.15) is 5.56 Å². The van der Waals surface area contributed by atoms with E-state index in [9.17, 15) is 0 Å². The van der Waals surface area contributed by atoms with E-state index >= 15 is 0 Å². The van der Waals surface area contributed by atoms with Gasteiger partial charge in [0.15, 0.2) is 0 Å². The number of rotatable bonds is 5. The summed E-state index contributed by atoms with van der Waals surface area (Å²) in [6.45, 7) is 4.89. The summed E-state index contributed by atoms with van der Waals surface area (Å²) >= 11 is 0. The molecule has 0 amide bonds. The van der Waals surface area contributed by atoms with Gasteiger partial charge in [-0.2, -0.15) is 4.98 Å². The van der Waals surface area contributed by atoms with Gasteiger partial charge in [-0.1, -0.05) is 42.5 Å². The lowest BCUT2D eigenvalue weighted by molar-refractivity contribution is 0.311. The number of hydrogen-bond acceptors (Lipinski definition) is 5. The van der Waals surface area contributed by atoms with Gasteiger partial charge in [0.25, 0.3) is 0 Å². The summed E-state index contributed by atoms with van der Waals surface area (Å²) in [5.41, 5.74) is 2.33. The van der Waals surface area contributed by atoms with E-state index in [0.717, 1.165) is 61.8 Å². The highest BCUT2D eigenvalue weighted by Gasteiger charge is 2.18. The fraction of sp³-hybridized carbons (Fsp3) is 0.333. The van der Waals surface area contributed by atoms with Crippen LogP contribution in [-0.4, -0.2) is 54.6 Å². The smallest absolute Gasteiger partial charge is 0.227 e. The number of hydrogen-bond donors (Lipinski definition) is 1. The maximum absolute atomic E-state index is 4.87. The first kappa shape index (κ1) is 19.4. The summed E-state index contributed by atoms with van der Waals surface area (Å²) in [6, 6.07) is 18.8. The Kier molecular flexibility index (Phi) is 6.48. The number of aromatic nitrogens is 2. The predicted octanol–water partition coefficient (Wildman–Crippen LogP) is 3.46. The van der Waals surface area contributed by atoms with Gasteiger partial charge in [0.1, 0.15) is 5.82 Å². The highest BCUT2D eigenvalue weighted by atomic mass is 35.5. The number of anilines is 2. The molecule has 0 unspecified atom stereocenters. The largest absolute Gasteiger partial charge is 0.369 e. The summed E-state index contributed by atoms with van der Waals surface area (Å²) in [6.07, 6.45) is 0.975. The molecule has 1 aliphatic heterocycles. The summed E-state index contributed by atoms with van der Waals surface area (Å²) in [5.74, 6) is 1.76. The van der Waals surface area contributed by atoms with Gasteiger partial charge >= 0.3 is 0 Å². The van der Waals surface area contributed by atoms with E-state index in [1.807, 2.05) is 12.1 Å². The van der Waals surface area contributed by atoms with Crippen LogP contribution in [0.25, 0.3) is 10.9 Å². The fourth-order valence-electron chi connectivity index (χ4n) is 3.32. The van der Waals surface area contributed by atoms with Crippen molar-refractivity contribution in [2.75, 3.05) is 50.0 Å². The van der Waals surface area contributed by atoms with Gasteiger partial charge in [-0.05, 0) is 31.2 Å². The van der Waals surface area contributed by atoms with Crippen molar-refractivity contribution in [2.24, 2.45) is 0 Å². The van der Waals surface area contributed by atoms with Gasteiger partial charge in [-0.3, -0.25) is 0 Å². The van der Waals surface area contributed by atoms with Gasteiger partial charge in [0.2, 0.25) is 5.95 Å². The van der Waals surface area contributed by atoms with E-state index in [4.69, 9.17) is 9.97 Å². The Balaban J connectivity index is 0.00000210. The van der Waals surface area contributed by atoms with Crippen LogP contribution in [0.5, 0.6) is 0 Å². The lowest BCUT2D eigenvalue weighted by Crippen LogP contribution is -2.45. The molecule has 0 spiro atoms. The van der Waals surface area contributed by atoms with Crippen molar-refractivity contribution in [1.82, 2.24) is 14.9 Å². The molecule has 6 heteroatoms. The lowest BCUT2D eigenvalue weighted by Gasteiger charge is -2.32. The van der Waals surface area contributed by atoms with Crippen molar-refractivity contribution in [2.45, 2.75) is 6.42 Å². The molecule has 1 aliphatic rings. The molecule has 1 saturated heterocycles. The second kappa shape index (κ2) is 9.02. The van der Waals surface area contributed by atoms with E-state index in [1.165, 1.54) is 5.56 Å². The van der Waals surface area contributed by atoms with Gasteiger partial charge in [0, 0.05) is 38.1 Å². The highest BCUT2D eigenvalue weighted by molar-refractivity contribution is 5.90. The standard InChI is InChI=1S/C21H25N5.ClH/c1-25-13-15-26(16-14-25)21-23-19-10-6-5-9-18(19)20(24-21)22-12-11-17-7-3-2-4-8-17;/h2-10H,11-16H2,1H3,(H,22,23,24);1H. The number of halogens is 1. The van der Waals surface area contributed by atoms with Crippen LogP contribution in [-0.2, 0) is 6.42 Å². The summed E-state index contributed by atoms with van der Waals surface area (Å²) < 4.78 is 0. The number of benzene rings is 2. The number of piperazine rings is 1. The summed E-state index contributed by atoms with van der Waals surface area (Å²) in [5, 5.41) is 4.62. The Hall–Kier alpha value is -2.37. The summed E-state index contributed by atoms with van der Waals surface area (Å²) in [4.78, 5) is 14.3. The number of fused-ring (bicyclic) bond motifs is 1. The minimum atomic E-state index is 0.